The van der Waals surface area contributed by atoms with Gasteiger partial charge in [0, 0.05) is 30.8 Å². The first-order chi connectivity index (χ1) is 17.6. The highest BCUT2D eigenvalue weighted by Gasteiger charge is 2.27. The van der Waals surface area contributed by atoms with Crippen LogP contribution in [0.1, 0.15) is 54.7 Å². The molecular formula is C28H34N6O2. The molecule has 0 radical (unpaired) electrons. The highest BCUT2D eigenvalue weighted by atomic mass is 16.5. The van der Waals surface area contributed by atoms with Crippen LogP contribution in [0.4, 0.5) is 0 Å². The number of fused-ring (bicyclic) bond motifs is 1. The van der Waals surface area contributed by atoms with E-state index in [0.29, 0.717) is 13.1 Å². The normalized spacial score (nSPS) is 16.7. The predicted octanol–water partition coefficient (Wildman–Crippen LogP) is 4.20. The number of aromatic amines is 1. The zero-order chi connectivity index (χ0) is 24.9. The maximum Gasteiger partial charge on any atom is 0.252 e. The molecule has 0 amide bonds. The van der Waals surface area contributed by atoms with Gasteiger partial charge in [0.15, 0.2) is 5.82 Å². The van der Waals surface area contributed by atoms with Gasteiger partial charge >= 0.3 is 0 Å². The lowest BCUT2D eigenvalue weighted by Crippen LogP contribution is -2.34. The molecule has 1 aliphatic rings. The van der Waals surface area contributed by atoms with E-state index < -0.39 is 0 Å². The number of hydrogen-bond acceptors (Lipinski definition) is 6. The van der Waals surface area contributed by atoms with E-state index in [4.69, 9.17) is 4.74 Å². The van der Waals surface area contributed by atoms with Crippen molar-refractivity contribution in [3.8, 4) is 0 Å². The SMILES string of the molecule is CC[C@@H](c1nnnn1C[C@@H]1CCCO1)N(CCc1ccccc1)Cc1cc2cc(C)ccc2[nH]c1=O. The number of aromatic nitrogens is 5. The van der Waals surface area contributed by atoms with E-state index in [9.17, 15) is 4.79 Å². The number of aryl methyl sites for hydroxylation is 1. The number of rotatable bonds is 10. The first-order valence-corrected chi connectivity index (χ1v) is 12.9. The molecule has 1 N–H and O–H groups in total. The number of hydrogen-bond donors (Lipinski definition) is 1. The summed E-state index contributed by atoms with van der Waals surface area (Å²) in [6.07, 6.45) is 3.95. The Balaban J connectivity index is 1.46. The van der Waals surface area contributed by atoms with Crippen LogP contribution in [0.15, 0.2) is 59.4 Å². The Labute approximate surface area is 211 Å². The lowest BCUT2D eigenvalue weighted by molar-refractivity contribution is 0.0893. The Morgan fingerprint density at radius 2 is 2.06 bits per heavy atom. The van der Waals surface area contributed by atoms with Crippen LogP contribution in [-0.2, 0) is 24.2 Å². The van der Waals surface area contributed by atoms with Gasteiger partial charge in [0.2, 0.25) is 0 Å². The molecule has 4 aromatic rings. The largest absolute Gasteiger partial charge is 0.376 e. The zero-order valence-electron chi connectivity index (χ0n) is 21.1. The molecule has 8 nitrogen and oxygen atoms in total. The molecule has 0 spiro atoms. The fraction of sp³-hybridized carbons (Fsp3) is 0.429. The van der Waals surface area contributed by atoms with Gasteiger partial charge in [0.25, 0.3) is 5.56 Å². The van der Waals surface area contributed by atoms with Crippen LogP contribution >= 0.6 is 0 Å². The molecule has 1 saturated heterocycles. The number of ether oxygens (including phenoxy) is 1. The van der Waals surface area contributed by atoms with Crippen molar-refractivity contribution in [3.63, 3.8) is 0 Å². The van der Waals surface area contributed by atoms with Gasteiger partial charge in [-0.2, -0.15) is 0 Å². The Morgan fingerprint density at radius 3 is 2.83 bits per heavy atom. The summed E-state index contributed by atoms with van der Waals surface area (Å²) >= 11 is 0. The van der Waals surface area contributed by atoms with Gasteiger partial charge in [0.05, 0.1) is 18.7 Å². The van der Waals surface area contributed by atoms with E-state index in [0.717, 1.165) is 61.1 Å². The summed E-state index contributed by atoms with van der Waals surface area (Å²) in [5, 5.41) is 13.8. The van der Waals surface area contributed by atoms with Crippen molar-refractivity contribution in [2.24, 2.45) is 0 Å². The monoisotopic (exact) mass is 486 g/mol. The van der Waals surface area contributed by atoms with Gasteiger partial charge in [-0.05, 0) is 72.2 Å². The molecule has 0 unspecified atom stereocenters. The third-order valence-electron chi connectivity index (χ3n) is 7.07. The smallest absolute Gasteiger partial charge is 0.252 e. The second kappa shape index (κ2) is 11.1. The van der Waals surface area contributed by atoms with E-state index in [1.807, 2.05) is 28.9 Å². The lowest BCUT2D eigenvalue weighted by atomic mass is 10.1. The number of pyridine rings is 1. The Morgan fingerprint density at radius 1 is 1.19 bits per heavy atom. The van der Waals surface area contributed by atoms with Crippen molar-refractivity contribution in [1.82, 2.24) is 30.1 Å². The van der Waals surface area contributed by atoms with Gasteiger partial charge < -0.3 is 9.72 Å². The third-order valence-corrected chi connectivity index (χ3v) is 7.07. The second-order valence-electron chi connectivity index (χ2n) is 9.70. The quantitative estimate of drug-likeness (QED) is 0.361. The van der Waals surface area contributed by atoms with Crippen LogP contribution in [0.25, 0.3) is 10.9 Å². The van der Waals surface area contributed by atoms with Crippen LogP contribution in [0.2, 0.25) is 0 Å². The number of H-pyrrole nitrogens is 1. The van der Waals surface area contributed by atoms with Crippen LogP contribution in [-0.4, -0.2) is 49.3 Å². The van der Waals surface area contributed by atoms with Crippen molar-refractivity contribution in [3.05, 3.63) is 87.5 Å². The summed E-state index contributed by atoms with van der Waals surface area (Å²) in [4.78, 5) is 18.5. The maximum absolute atomic E-state index is 13.1. The third kappa shape index (κ3) is 5.55. The highest BCUT2D eigenvalue weighted by Crippen LogP contribution is 2.26. The first kappa shape index (κ1) is 24.3. The Hall–Kier alpha value is -3.36. The summed E-state index contributed by atoms with van der Waals surface area (Å²) < 4.78 is 7.74. The number of nitrogens with zero attached hydrogens (tertiary/aromatic N) is 5. The van der Waals surface area contributed by atoms with E-state index in [2.05, 4.69) is 69.6 Å². The molecule has 0 saturated carbocycles. The van der Waals surface area contributed by atoms with Crippen molar-refractivity contribution < 1.29 is 4.74 Å². The number of nitrogens with one attached hydrogen (secondary N) is 1. The Kier molecular flexibility index (Phi) is 7.53. The van der Waals surface area contributed by atoms with Gasteiger partial charge in [-0.3, -0.25) is 9.69 Å². The van der Waals surface area contributed by atoms with Gasteiger partial charge in [-0.25, -0.2) is 4.68 Å². The van der Waals surface area contributed by atoms with Crippen LogP contribution < -0.4 is 5.56 Å². The average Bonchev–Trinajstić information content (AvgIpc) is 3.57. The van der Waals surface area contributed by atoms with Crippen molar-refractivity contribution >= 4 is 10.9 Å². The van der Waals surface area contributed by atoms with Gasteiger partial charge in [0.1, 0.15) is 0 Å². The van der Waals surface area contributed by atoms with Crippen molar-refractivity contribution in [1.29, 1.82) is 0 Å². The number of tetrazole rings is 1. The maximum atomic E-state index is 13.1. The minimum atomic E-state index is -0.0511. The fourth-order valence-corrected chi connectivity index (χ4v) is 5.14. The van der Waals surface area contributed by atoms with Gasteiger partial charge in [-0.15, -0.1) is 5.10 Å². The average molecular weight is 487 g/mol. The molecule has 5 rings (SSSR count). The molecule has 2 aromatic carbocycles. The molecule has 0 aliphatic carbocycles. The standard InChI is InChI=1S/C28H34N6O2/c1-3-26(27-30-31-32-34(27)19-24-10-7-15-36-24)33(14-13-21-8-5-4-6-9-21)18-23-17-22-16-20(2)11-12-25(22)29-28(23)35/h4-6,8-9,11-12,16-17,24,26H,3,7,10,13-15,18-19H2,1-2H3,(H,29,35)/t24-,26-/m0/s1. The molecule has 1 aliphatic heterocycles. The Bertz CT molecular complexity index is 1340. The lowest BCUT2D eigenvalue weighted by Gasteiger charge is -2.30. The summed E-state index contributed by atoms with van der Waals surface area (Å²) in [5.41, 5.74) is 3.99. The molecule has 8 heteroatoms. The summed E-state index contributed by atoms with van der Waals surface area (Å²) in [6, 6.07) is 18.6. The number of benzene rings is 2. The summed E-state index contributed by atoms with van der Waals surface area (Å²) in [5.74, 6) is 0.828. The van der Waals surface area contributed by atoms with Crippen LogP contribution in [0.3, 0.4) is 0 Å². The van der Waals surface area contributed by atoms with E-state index in [-0.39, 0.29) is 17.7 Å². The highest BCUT2D eigenvalue weighted by molar-refractivity contribution is 5.79. The van der Waals surface area contributed by atoms with Crippen LogP contribution in [0.5, 0.6) is 0 Å². The second-order valence-corrected chi connectivity index (χ2v) is 9.70. The van der Waals surface area contributed by atoms with E-state index >= 15 is 0 Å². The molecular weight excluding hydrogens is 452 g/mol. The van der Waals surface area contributed by atoms with Crippen molar-refractivity contribution in [2.45, 2.75) is 64.8 Å². The summed E-state index contributed by atoms with van der Waals surface area (Å²) in [7, 11) is 0. The molecule has 3 heterocycles. The predicted molar refractivity (Wildman–Crippen MR) is 140 cm³/mol. The molecule has 2 aromatic heterocycles. The van der Waals surface area contributed by atoms with E-state index in [1.54, 1.807) is 0 Å². The minimum Gasteiger partial charge on any atom is -0.376 e. The molecule has 0 bridgehead atoms. The molecule has 2 atom stereocenters. The summed E-state index contributed by atoms with van der Waals surface area (Å²) in [6.45, 7) is 6.96. The molecule has 36 heavy (non-hydrogen) atoms. The molecule has 188 valence electrons. The fourth-order valence-electron chi connectivity index (χ4n) is 5.14. The zero-order valence-corrected chi connectivity index (χ0v) is 21.1. The van der Waals surface area contributed by atoms with Crippen molar-refractivity contribution in [2.75, 3.05) is 13.2 Å². The minimum absolute atomic E-state index is 0.0299. The van der Waals surface area contributed by atoms with Crippen LogP contribution in [0, 0.1) is 6.92 Å². The van der Waals surface area contributed by atoms with Gasteiger partial charge in [-0.1, -0.05) is 48.9 Å². The van der Waals surface area contributed by atoms with E-state index in [1.165, 1.54) is 11.1 Å². The topological polar surface area (TPSA) is 88.9 Å². The first-order valence-electron chi connectivity index (χ1n) is 12.9. The molecule has 1 fully saturated rings.